The van der Waals surface area contributed by atoms with E-state index in [1.807, 2.05) is 35.9 Å². The molecule has 3 rings (SSSR count). The Balaban J connectivity index is 1.89. The second-order valence-corrected chi connectivity index (χ2v) is 5.97. The number of benzene rings is 2. The molecular formula is C18H14ClFN2O3. The summed E-state index contributed by atoms with van der Waals surface area (Å²) in [6.07, 6.45) is -0.454. The second kappa shape index (κ2) is 6.57. The van der Waals surface area contributed by atoms with Crippen molar-refractivity contribution in [2.45, 2.75) is 6.17 Å². The molecule has 0 aliphatic rings. The summed E-state index contributed by atoms with van der Waals surface area (Å²) < 4.78 is 15.4. The van der Waals surface area contributed by atoms with Crippen molar-refractivity contribution in [3.05, 3.63) is 64.8 Å². The van der Waals surface area contributed by atoms with Crippen molar-refractivity contribution >= 4 is 40.1 Å². The SMILES string of the molecule is Cn1cc(C(=O)Nc2ccc(C(F)C(=O)O)cc2Cl)c2ccccc21. The largest absolute Gasteiger partial charge is 0.479 e. The summed E-state index contributed by atoms with van der Waals surface area (Å²) >= 11 is 6.05. The molecule has 1 unspecified atom stereocenters. The van der Waals surface area contributed by atoms with Gasteiger partial charge in [0.2, 0.25) is 6.17 Å². The molecule has 0 aliphatic heterocycles. The maximum Gasteiger partial charge on any atom is 0.343 e. The van der Waals surface area contributed by atoms with Gasteiger partial charge in [-0.25, -0.2) is 9.18 Å². The number of amides is 1. The van der Waals surface area contributed by atoms with Gasteiger partial charge in [-0.15, -0.1) is 0 Å². The van der Waals surface area contributed by atoms with Crippen molar-refractivity contribution in [3.8, 4) is 0 Å². The first kappa shape index (κ1) is 17.0. The number of carboxylic acid groups (broad SMARTS) is 1. The number of carboxylic acids is 1. The number of rotatable bonds is 4. The molecule has 5 nitrogen and oxygen atoms in total. The van der Waals surface area contributed by atoms with Crippen molar-refractivity contribution in [2.75, 3.05) is 5.32 Å². The number of halogens is 2. The Morgan fingerprint density at radius 2 is 1.96 bits per heavy atom. The minimum Gasteiger partial charge on any atom is -0.479 e. The topological polar surface area (TPSA) is 71.3 Å². The molecule has 0 spiro atoms. The first-order chi connectivity index (χ1) is 11.9. The van der Waals surface area contributed by atoms with Crippen LogP contribution in [0.15, 0.2) is 48.7 Å². The van der Waals surface area contributed by atoms with Crippen LogP contribution >= 0.6 is 11.6 Å². The molecular weight excluding hydrogens is 347 g/mol. The van der Waals surface area contributed by atoms with Crippen LogP contribution in [0.25, 0.3) is 10.9 Å². The molecule has 2 N–H and O–H groups in total. The monoisotopic (exact) mass is 360 g/mol. The lowest BCUT2D eigenvalue weighted by Gasteiger charge is -2.09. The number of alkyl halides is 1. The van der Waals surface area contributed by atoms with E-state index in [9.17, 15) is 14.0 Å². The normalized spacial score (nSPS) is 12.1. The predicted molar refractivity (Wildman–Crippen MR) is 93.8 cm³/mol. The van der Waals surface area contributed by atoms with E-state index in [2.05, 4.69) is 5.32 Å². The number of carbonyl (C=O) groups excluding carboxylic acids is 1. The number of aromatic nitrogens is 1. The number of hydrogen-bond acceptors (Lipinski definition) is 2. The zero-order valence-electron chi connectivity index (χ0n) is 13.2. The molecule has 25 heavy (non-hydrogen) atoms. The quantitative estimate of drug-likeness (QED) is 0.733. The van der Waals surface area contributed by atoms with E-state index in [0.29, 0.717) is 5.56 Å². The molecule has 0 radical (unpaired) electrons. The zero-order chi connectivity index (χ0) is 18.1. The Bertz CT molecular complexity index is 984. The number of carbonyl (C=O) groups is 2. The fraction of sp³-hybridized carbons (Fsp3) is 0.111. The molecule has 0 bridgehead atoms. The Morgan fingerprint density at radius 3 is 2.64 bits per heavy atom. The van der Waals surface area contributed by atoms with Gasteiger partial charge in [-0.2, -0.15) is 0 Å². The van der Waals surface area contributed by atoms with Crippen LogP contribution in [0.3, 0.4) is 0 Å². The van der Waals surface area contributed by atoms with Gasteiger partial charge in [0.1, 0.15) is 0 Å². The minimum atomic E-state index is -2.17. The molecule has 0 saturated heterocycles. The number of nitrogens with zero attached hydrogens (tertiary/aromatic N) is 1. The van der Waals surface area contributed by atoms with Crippen LogP contribution in [0, 0.1) is 0 Å². The van der Waals surface area contributed by atoms with Crippen LogP contribution in [0.4, 0.5) is 10.1 Å². The second-order valence-electron chi connectivity index (χ2n) is 5.57. The fourth-order valence-electron chi connectivity index (χ4n) is 2.65. The van der Waals surface area contributed by atoms with E-state index < -0.39 is 12.1 Å². The lowest BCUT2D eigenvalue weighted by atomic mass is 10.1. The highest BCUT2D eigenvalue weighted by Gasteiger charge is 2.20. The molecule has 0 aliphatic carbocycles. The molecule has 7 heteroatoms. The van der Waals surface area contributed by atoms with Gasteiger partial charge in [0.15, 0.2) is 0 Å². The van der Waals surface area contributed by atoms with Crippen LogP contribution in [-0.4, -0.2) is 21.6 Å². The molecule has 1 amide bonds. The van der Waals surface area contributed by atoms with Crippen LogP contribution < -0.4 is 5.32 Å². The molecule has 128 valence electrons. The maximum atomic E-state index is 13.5. The number of anilines is 1. The van der Waals surface area contributed by atoms with E-state index in [4.69, 9.17) is 16.7 Å². The fourth-order valence-corrected chi connectivity index (χ4v) is 2.88. The molecule has 1 aromatic heterocycles. The summed E-state index contributed by atoms with van der Waals surface area (Å²) in [6, 6.07) is 11.3. The Morgan fingerprint density at radius 1 is 1.24 bits per heavy atom. The van der Waals surface area contributed by atoms with Crippen LogP contribution in [-0.2, 0) is 11.8 Å². The average molecular weight is 361 g/mol. The summed E-state index contributed by atoms with van der Waals surface area (Å²) in [5.41, 5.74) is 1.59. The van der Waals surface area contributed by atoms with Gasteiger partial charge in [-0.05, 0) is 23.8 Å². The molecule has 1 atom stereocenters. The van der Waals surface area contributed by atoms with E-state index in [1.165, 1.54) is 18.2 Å². The smallest absolute Gasteiger partial charge is 0.343 e. The Labute approximate surface area is 147 Å². The number of nitrogens with one attached hydrogen (secondary N) is 1. The van der Waals surface area contributed by atoms with Gasteiger partial charge < -0.3 is 15.0 Å². The number of fused-ring (bicyclic) bond motifs is 1. The van der Waals surface area contributed by atoms with Gasteiger partial charge >= 0.3 is 5.97 Å². The van der Waals surface area contributed by atoms with Crippen molar-refractivity contribution in [3.63, 3.8) is 0 Å². The highest BCUT2D eigenvalue weighted by molar-refractivity contribution is 6.34. The van der Waals surface area contributed by atoms with Crippen molar-refractivity contribution in [2.24, 2.45) is 7.05 Å². The average Bonchev–Trinajstić information content (AvgIpc) is 2.93. The summed E-state index contributed by atoms with van der Waals surface area (Å²) in [5, 5.41) is 12.2. The lowest BCUT2D eigenvalue weighted by molar-refractivity contribution is -0.143. The van der Waals surface area contributed by atoms with E-state index >= 15 is 0 Å². The van der Waals surface area contributed by atoms with Gasteiger partial charge in [0.25, 0.3) is 5.91 Å². The van der Waals surface area contributed by atoms with Crippen LogP contribution in [0.5, 0.6) is 0 Å². The maximum absolute atomic E-state index is 13.5. The summed E-state index contributed by atoms with van der Waals surface area (Å²) in [6.45, 7) is 0. The summed E-state index contributed by atoms with van der Waals surface area (Å²) in [7, 11) is 1.84. The lowest BCUT2D eigenvalue weighted by Crippen LogP contribution is -2.12. The van der Waals surface area contributed by atoms with Crippen molar-refractivity contribution in [1.29, 1.82) is 0 Å². The van der Waals surface area contributed by atoms with Crippen LogP contribution in [0.1, 0.15) is 22.1 Å². The van der Waals surface area contributed by atoms with E-state index in [1.54, 1.807) is 6.20 Å². The standard InChI is InChI=1S/C18H14ClFN2O3/c1-22-9-12(11-4-2-3-5-15(11)22)17(23)21-14-7-6-10(8-13(14)19)16(20)18(24)25/h2-9,16H,1H3,(H,21,23)(H,24,25). The minimum absolute atomic E-state index is 0.0648. The van der Waals surface area contributed by atoms with Crippen molar-refractivity contribution < 1.29 is 19.1 Å². The first-order valence-electron chi connectivity index (χ1n) is 7.40. The van der Waals surface area contributed by atoms with Gasteiger partial charge in [0, 0.05) is 24.1 Å². The van der Waals surface area contributed by atoms with Crippen LogP contribution in [0.2, 0.25) is 5.02 Å². The third-order valence-electron chi connectivity index (χ3n) is 3.89. The van der Waals surface area contributed by atoms with Gasteiger partial charge in [-0.1, -0.05) is 35.9 Å². The zero-order valence-corrected chi connectivity index (χ0v) is 13.9. The summed E-state index contributed by atoms with van der Waals surface area (Å²) in [5.74, 6) is -1.95. The molecule has 0 saturated carbocycles. The van der Waals surface area contributed by atoms with Gasteiger partial charge in [-0.3, -0.25) is 4.79 Å². The van der Waals surface area contributed by atoms with E-state index in [0.717, 1.165) is 10.9 Å². The number of hydrogen-bond donors (Lipinski definition) is 2. The van der Waals surface area contributed by atoms with E-state index in [-0.39, 0.29) is 22.2 Å². The number of aliphatic carboxylic acids is 1. The molecule has 2 aromatic carbocycles. The Kier molecular flexibility index (Phi) is 4.46. The predicted octanol–water partition coefficient (Wildman–Crippen LogP) is 4.18. The van der Waals surface area contributed by atoms with Gasteiger partial charge in [0.05, 0.1) is 16.3 Å². The third kappa shape index (κ3) is 3.21. The summed E-state index contributed by atoms with van der Waals surface area (Å²) in [4.78, 5) is 23.3. The molecule has 0 fully saturated rings. The Hall–Kier alpha value is -2.86. The van der Waals surface area contributed by atoms with Crippen molar-refractivity contribution in [1.82, 2.24) is 4.57 Å². The number of aryl methyl sites for hydroxylation is 1. The highest BCUT2D eigenvalue weighted by Crippen LogP contribution is 2.29. The molecule has 1 heterocycles. The third-order valence-corrected chi connectivity index (χ3v) is 4.21. The highest BCUT2D eigenvalue weighted by atomic mass is 35.5. The molecule has 3 aromatic rings. The first-order valence-corrected chi connectivity index (χ1v) is 7.78. The number of para-hydroxylation sites is 1.